The average Bonchev–Trinajstić information content (AvgIpc) is 3.00. The van der Waals surface area contributed by atoms with Crippen molar-refractivity contribution >= 4 is 27.5 Å². The van der Waals surface area contributed by atoms with E-state index in [0.29, 0.717) is 13.1 Å². The summed E-state index contributed by atoms with van der Waals surface area (Å²) < 4.78 is 27.8. The molecule has 1 atom stereocenters. The fourth-order valence-corrected chi connectivity index (χ4v) is 5.68. The lowest BCUT2D eigenvalue weighted by Crippen LogP contribution is -2.32. The lowest BCUT2D eigenvalue weighted by atomic mass is 10.0. The van der Waals surface area contributed by atoms with Gasteiger partial charge in [-0.3, -0.25) is 4.79 Å². The Bertz CT molecular complexity index is 1030. The van der Waals surface area contributed by atoms with Crippen molar-refractivity contribution in [3.63, 3.8) is 0 Å². The number of aryl methyl sites for hydroxylation is 2. The van der Waals surface area contributed by atoms with Gasteiger partial charge in [-0.05, 0) is 68.5 Å². The Balaban J connectivity index is 1.83. The third-order valence-electron chi connectivity index (χ3n) is 5.75. The molecule has 5 nitrogen and oxygen atoms in total. The number of hydrogen-bond donors (Lipinski definition) is 1. The zero-order valence-electron chi connectivity index (χ0n) is 17.7. The van der Waals surface area contributed by atoms with Crippen LogP contribution in [0.25, 0.3) is 0 Å². The van der Waals surface area contributed by atoms with E-state index in [0.717, 1.165) is 36.8 Å². The molecule has 0 bridgehead atoms. The number of benzene rings is 2. The van der Waals surface area contributed by atoms with Crippen molar-refractivity contribution in [3.8, 4) is 0 Å². The van der Waals surface area contributed by atoms with E-state index in [4.69, 9.17) is 11.6 Å². The molecule has 1 saturated heterocycles. The molecular weight excluding hydrogens is 420 g/mol. The van der Waals surface area contributed by atoms with Gasteiger partial charge < -0.3 is 5.32 Å². The van der Waals surface area contributed by atoms with Crippen LogP contribution >= 0.6 is 11.6 Å². The number of rotatable bonds is 5. The summed E-state index contributed by atoms with van der Waals surface area (Å²) in [6.45, 7) is 6.96. The second-order valence-corrected chi connectivity index (χ2v) is 10.3. The van der Waals surface area contributed by atoms with Gasteiger partial charge in [-0.1, -0.05) is 42.6 Å². The van der Waals surface area contributed by atoms with Crippen molar-refractivity contribution in [2.24, 2.45) is 0 Å². The van der Waals surface area contributed by atoms with Crippen molar-refractivity contribution in [2.75, 3.05) is 13.1 Å². The molecule has 0 saturated carbocycles. The van der Waals surface area contributed by atoms with Gasteiger partial charge in [0.25, 0.3) is 5.91 Å². The van der Waals surface area contributed by atoms with Gasteiger partial charge in [-0.2, -0.15) is 4.31 Å². The normalized spacial score (nSPS) is 16.7. The number of amides is 1. The van der Waals surface area contributed by atoms with Crippen molar-refractivity contribution in [1.82, 2.24) is 9.62 Å². The SMILES string of the molecule is Cc1ccc(C(C)NC(=O)c2ccc(Cl)c(S(=O)(=O)N3CCCCCC3)c2)cc1C. The molecule has 1 unspecified atom stereocenters. The third-order valence-corrected chi connectivity index (χ3v) is 8.14. The Morgan fingerprint density at radius 2 is 1.67 bits per heavy atom. The van der Waals surface area contributed by atoms with Gasteiger partial charge in [0.05, 0.1) is 11.1 Å². The molecule has 0 aliphatic carbocycles. The molecule has 1 amide bonds. The number of halogens is 1. The summed E-state index contributed by atoms with van der Waals surface area (Å²) >= 11 is 6.24. The average molecular weight is 449 g/mol. The molecule has 2 aromatic rings. The number of hydrogen-bond acceptors (Lipinski definition) is 3. The first-order valence-electron chi connectivity index (χ1n) is 10.4. The first kappa shape index (κ1) is 22.8. The van der Waals surface area contributed by atoms with Gasteiger partial charge >= 0.3 is 0 Å². The zero-order chi connectivity index (χ0) is 21.9. The van der Waals surface area contributed by atoms with E-state index < -0.39 is 10.0 Å². The lowest BCUT2D eigenvalue weighted by Gasteiger charge is -2.21. The molecular formula is C23H29ClN2O3S. The van der Waals surface area contributed by atoms with Crippen molar-refractivity contribution in [2.45, 2.75) is 57.4 Å². The minimum atomic E-state index is -3.74. The van der Waals surface area contributed by atoms with Crippen LogP contribution in [0.15, 0.2) is 41.3 Å². The monoisotopic (exact) mass is 448 g/mol. The maximum absolute atomic E-state index is 13.2. The highest BCUT2D eigenvalue weighted by Gasteiger charge is 2.28. The number of carbonyl (C=O) groups is 1. The second kappa shape index (κ2) is 9.50. The number of sulfonamides is 1. The van der Waals surface area contributed by atoms with Gasteiger partial charge in [0, 0.05) is 18.7 Å². The van der Waals surface area contributed by atoms with E-state index in [2.05, 4.69) is 11.4 Å². The van der Waals surface area contributed by atoms with Crippen molar-refractivity contribution in [3.05, 3.63) is 63.7 Å². The number of carbonyl (C=O) groups excluding carboxylic acids is 1. The molecule has 1 aliphatic rings. The summed E-state index contributed by atoms with van der Waals surface area (Å²) in [4.78, 5) is 12.8. The summed E-state index contributed by atoms with van der Waals surface area (Å²) in [5, 5.41) is 3.09. The maximum Gasteiger partial charge on any atom is 0.251 e. The van der Waals surface area contributed by atoms with E-state index in [1.165, 1.54) is 22.0 Å². The number of nitrogens with one attached hydrogen (secondary N) is 1. The molecule has 162 valence electrons. The fraction of sp³-hybridized carbons (Fsp3) is 0.435. The van der Waals surface area contributed by atoms with Crippen LogP contribution in [0.4, 0.5) is 0 Å². The Morgan fingerprint density at radius 1 is 1.00 bits per heavy atom. The van der Waals surface area contributed by atoms with Gasteiger partial charge in [0.1, 0.15) is 4.90 Å². The minimum absolute atomic E-state index is 0.00227. The van der Waals surface area contributed by atoms with E-state index in [1.807, 2.05) is 32.9 Å². The Kier molecular flexibility index (Phi) is 7.22. The fourth-order valence-electron chi connectivity index (χ4n) is 3.66. The summed E-state index contributed by atoms with van der Waals surface area (Å²) in [5.41, 5.74) is 3.63. The molecule has 0 spiro atoms. The molecule has 7 heteroatoms. The largest absolute Gasteiger partial charge is 0.346 e. The van der Waals surface area contributed by atoms with Gasteiger partial charge in [0.15, 0.2) is 0 Å². The van der Waals surface area contributed by atoms with Crippen LogP contribution in [0.5, 0.6) is 0 Å². The Hall–Kier alpha value is -1.89. The molecule has 1 aliphatic heterocycles. The summed E-state index contributed by atoms with van der Waals surface area (Å²) in [7, 11) is -3.74. The van der Waals surface area contributed by atoms with E-state index >= 15 is 0 Å². The third kappa shape index (κ3) is 5.05. The van der Waals surface area contributed by atoms with Crippen LogP contribution in [-0.2, 0) is 10.0 Å². The highest BCUT2D eigenvalue weighted by Crippen LogP contribution is 2.28. The summed E-state index contributed by atoms with van der Waals surface area (Å²) in [6.07, 6.45) is 3.73. The molecule has 0 radical (unpaired) electrons. The van der Waals surface area contributed by atoms with Crippen LogP contribution in [0, 0.1) is 13.8 Å². The van der Waals surface area contributed by atoms with Crippen LogP contribution in [-0.4, -0.2) is 31.7 Å². The molecule has 1 heterocycles. The molecule has 0 aromatic heterocycles. The second-order valence-electron chi connectivity index (χ2n) is 8.00. The van der Waals surface area contributed by atoms with Gasteiger partial charge in [-0.25, -0.2) is 8.42 Å². The molecule has 2 aromatic carbocycles. The van der Waals surface area contributed by atoms with E-state index in [1.54, 1.807) is 6.07 Å². The smallest absolute Gasteiger partial charge is 0.251 e. The van der Waals surface area contributed by atoms with E-state index in [9.17, 15) is 13.2 Å². The molecule has 1 N–H and O–H groups in total. The predicted molar refractivity (Wildman–Crippen MR) is 120 cm³/mol. The first-order chi connectivity index (χ1) is 14.2. The maximum atomic E-state index is 13.2. The number of nitrogens with zero attached hydrogens (tertiary/aromatic N) is 1. The minimum Gasteiger partial charge on any atom is -0.346 e. The van der Waals surface area contributed by atoms with Crippen LogP contribution < -0.4 is 5.32 Å². The van der Waals surface area contributed by atoms with Gasteiger partial charge in [-0.15, -0.1) is 0 Å². The Morgan fingerprint density at radius 3 is 2.30 bits per heavy atom. The summed E-state index contributed by atoms with van der Waals surface area (Å²) in [6, 6.07) is 10.3. The topological polar surface area (TPSA) is 66.5 Å². The predicted octanol–water partition coefficient (Wildman–Crippen LogP) is 5.01. The van der Waals surface area contributed by atoms with Crippen molar-refractivity contribution < 1.29 is 13.2 Å². The quantitative estimate of drug-likeness (QED) is 0.698. The standard InChI is InChI=1S/C23H29ClN2O3S/c1-16-8-9-19(14-17(16)2)18(3)25-23(27)20-10-11-21(24)22(15-20)30(28,29)26-12-6-4-5-7-13-26/h8-11,14-15,18H,4-7,12-13H2,1-3H3,(H,25,27). The molecule has 3 rings (SSSR count). The van der Waals surface area contributed by atoms with Crippen molar-refractivity contribution in [1.29, 1.82) is 0 Å². The Labute approximate surface area is 184 Å². The van der Waals surface area contributed by atoms with Gasteiger partial charge in [0.2, 0.25) is 10.0 Å². The zero-order valence-corrected chi connectivity index (χ0v) is 19.3. The highest BCUT2D eigenvalue weighted by molar-refractivity contribution is 7.89. The van der Waals surface area contributed by atoms with Crippen LogP contribution in [0.2, 0.25) is 5.02 Å². The van der Waals surface area contributed by atoms with Crippen LogP contribution in [0.1, 0.15) is 65.7 Å². The molecule has 1 fully saturated rings. The van der Waals surface area contributed by atoms with Crippen LogP contribution in [0.3, 0.4) is 0 Å². The van der Waals surface area contributed by atoms with E-state index in [-0.39, 0.29) is 27.4 Å². The highest BCUT2D eigenvalue weighted by atomic mass is 35.5. The summed E-state index contributed by atoms with van der Waals surface area (Å²) in [5.74, 6) is -0.329. The lowest BCUT2D eigenvalue weighted by molar-refractivity contribution is 0.0939. The first-order valence-corrected chi connectivity index (χ1v) is 12.2. The molecule has 30 heavy (non-hydrogen) atoms.